The molecule has 0 aromatic carbocycles. The number of thiophene rings is 1. The smallest absolute Gasteiger partial charge is 0.414 e. The average molecular weight is 384 g/mol. The van der Waals surface area contributed by atoms with E-state index in [2.05, 4.69) is 10.3 Å². The van der Waals surface area contributed by atoms with Crippen LogP contribution in [-0.4, -0.2) is 43.2 Å². The van der Waals surface area contributed by atoms with Gasteiger partial charge in [-0.3, -0.25) is 5.32 Å². The monoisotopic (exact) mass is 384 g/mol. The summed E-state index contributed by atoms with van der Waals surface area (Å²) in [4.78, 5) is 17.5. The Morgan fingerprint density at radius 1 is 1.48 bits per heavy atom. The Morgan fingerprint density at radius 3 is 2.64 bits per heavy atom. The summed E-state index contributed by atoms with van der Waals surface area (Å²) in [6.07, 6.45) is -0.790. The molecule has 10 heteroatoms. The van der Waals surface area contributed by atoms with Gasteiger partial charge in [-0.05, 0) is 39.8 Å². The predicted molar refractivity (Wildman–Crippen MR) is 94.7 cm³/mol. The predicted octanol–water partition coefficient (Wildman–Crippen LogP) is 1.99. The van der Waals surface area contributed by atoms with Crippen LogP contribution < -0.4 is 5.32 Å². The van der Waals surface area contributed by atoms with E-state index in [1.54, 1.807) is 39.8 Å². The number of rotatable bonds is 1. The Labute approximate surface area is 151 Å². The highest BCUT2D eigenvalue weighted by Gasteiger charge is 2.42. The van der Waals surface area contributed by atoms with Gasteiger partial charge in [0.2, 0.25) is 16.0 Å². The maximum absolute atomic E-state index is 12.5. The topological polar surface area (TPSA) is 112 Å². The van der Waals surface area contributed by atoms with Crippen molar-refractivity contribution in [3.8, 4) is 6.07 Å². The number of aliphatic imine (C=N–C) groups is 1. The molecule has 1 aromatic rings. The molecule has 2 heterocycles. The van der Waals surface area contributed by atoms with E-state index in [-0.39, 0.29) is 11.7 Å². The van der Waals surface area contributed by atoms with Crippen LogP contribution >= 0.6 is 11.3 Å². The van der Waals surface area contributed by atoms with Crippen molar-refractivity contribution in [3.05, 3.63) is 21.9 Å². The number of nitrogens with zero attached hydrogens (tertiary/aromatic N) is 3. The second kappa shape index (κ2) is 6.31. The Kier molecular flexibility index (Phi) is 4.85. The largest absolute Gasteiger partial charge is 0.444 e. The molecule has 8 nitrogen and oxygen atoms in total. The SMILES string of the molecule is CN1C(NC(=O)OC(C)(C)C)=NC(C)(c2ccc(C#N)s2)CS1(=O)=O. The molecule has 0 bridgehead atoms. The third kappa shape index (κ3) is 4.29. The number of sulfonamides is 1. The molecule has 1 amide bonds. The standard InChI is InChI=1S/C15H20N4O4S2/c1-14(2,3)23-13(20)17-12-18-15(4,9-25(21,22)19(12)5)11-7-6-10(8-16)24-11/h6-7H,9H2,1-5H3,(H,17,18,20). The summed E-state index contributed by atoms with van der Waals surface area (Å²) in [6, 6.07) is 5.32. The van der Waals surface area contributed by atoms with Gasteiger partial charge < -0.3 is 4.74 Å². The highest BCUT2D eigenvalue weighted by atomic mass is 32.2. The van der Waals surface area contributed by atoms with Gasteiger partial charge in [0, 0.05) is 11.9 Å². The molecular formula is C15H20N4O4S2. The molecule has 1 aromatic heterocycles. The fourth-order valence-electron chi connectivity index (χ4n) is 2.24. The van der Waals surface area contributed by atoms with Gasteiger partial charge in [0.15, 0.2) is 0 Å². The van der Waals surface area contributed by atoms with E-state index in [0.29, 0.717) is 9.75 Å². The van der Waals surface area contributed by atoms with Gasteiger partial charge >= 0.3 is 6.09 Å². The number of nitriles is 1. The van der Waals surface area contributed by atoms with Gasteiger partial charge in [-0.15, -0.1) is 11.3 Å². The molecule has 2 rings (SSSR count). The first-order valence-corrected chi connectivity index (χ1v) is 9.86. The molecule has 1 atom stereocenters. The van der Waals surface area contributed by atoms with E-state index in [4.69, 9.17) is 10.00 Å². The number of nitrogens with one attached hydrogen (secondary N) is 1. The van der Waals surface area contributed by atoms with Crippen LogP contribution in [0.3, 0.4) is 0 Å². The van der Waals surface area contributed by atoms with E-state index in [9.17, 15) is 13.2 Å². The van der Waals surface area contributed by atoms with Crippen molar-refractivity contribution in [1.82, 2.24) is 9.62 Å². The molecule has 0 saturated heterocycles. The van der Waals surface area contributed by atoms with Gasteiger partial charge in [-0.25, -0.2) is 22.5 Å². The lowest BCUT2D eigenvalue weighted by Gasteiger charge is -2.35. The number of hydrogen-bond donors (Lipinski definition) is 1. The Morgan fingerprint density at radius 2 is 2.12 bits per heavy atom. The van der Waals surface area contributed by atoms with E-state index in [0.717, 1.165) is 4.31 Å². The zero-order chi connectivity index (χ0) is 19.0. The minimum Gasteiger partial charge on any atom is -0.444 e. The molecule has 0 radical (unpaired) electrons. The van der Waals surface area contributed by atoms with Crippen LogP contribution in [0.4, 0.5) is 4.79 Å². The number of hydrogen-bond acceptors (Lipinski definition) is 7. The molecule has 0 spiro atoms. The number of guanidine groups is 1. The Balaban J connectivity index is 2.40. The zero-order valence-electron chi connectivity index (χ0n) is 14.7. The summed E-state index contributed by atoms with van der Waals surface area (Å²) in [6.45, 7) is 6.76. The summed E-state index contributed by atoms with van der Waals surface area (Å²) >= 11 is 1.18. The third-order valence-corrected chi connectivity index (χ3v) is 6.57. The number of ether oxygens (including phenoxy) is 1. The third-order valence-electron chi connectivity index (χ3n) is 3.39. The van der Waals surface area contributed by atoms with Crippen molar-refractivity contribution in [2.45, 2.75) is 38.8 Å². The van der Waals surface area contributed by atoms with Gasteiger partial charge in [-0.2, -0.15) is 5.26 Å². The lowest BCUT2D eigenvalue weighted by molar-refractivity contribution is 0.0559. The summed E-state index contributed by atoms with van der Waals surface area (Å²) in [5.74, 6) is -0.378. The first-order chi connectivity index (χ1) is 11.4. The minimum atomic E-state index is -3.70. The van der Waals surface area contributed by atoms with Crippen LogP contribution in [0.1, 0.15) is 37.4 Å². The fourth-order valence-corrected chi connectivity index (χ4v) is 4.69. The van der Waals surface area contributed by atoms with Crippen LogP contribution in [-0.2, 0) is 20.3 Å². The van der Waals surface area contributed by atoms with Gasteiger partial charge in [-0.1, -0.05) is 0 Å². The first-order valence-electron chi connectivity index (χ1n) is 7.43. The van der Waals surface area contributed by atoms with Crippen molar-refractivity contribution in [2.24, 2.45) is 4.99 Å². The zero-order valence-corrected chi connectivity index (χ0v) is 16.3. The van der Waals surface area contributed by atoms with Crippen LogP contribution in [0, 0.1) is 11.3 Å². The van der Waals surface area contributed by atoms with Crippen molar-refractivity contribution in [1.29, 1.82) is 5.26 Å². The van der Waals surface area contributed by atoms with Crippen molar-refractivity contribution in [2.75, 3.05) is 12.8 Å². The first kappa shape index (κ1) is 19.2. The summed E-state index contributed by atoms with van der Waals surface area (Å²) in [5.41, 5.74) is -1.83. The average Bonchev–Trinajstić information content (AvgIpc) is 2.91. The normalized spacial score (nSPS) is 22.7. The molecule has 136 valence electrons. The molecule has 1 aliphatic rings. The number of amides is 1. The molecular weight excluding hydrogens is 364 g/mol. The van der Waals surface area contributed by atoms with E-state index in [1.165, 1.54) is 18.4 Å². The second-order valence-corrected chi connectivity index (χ2v) is 9.92. The van der Waals surface area contributed by atoms with E-state index in [1.807, 2.05) is 6.07 Å². The maximum atomic E-state index is 12.5. The molecule has 0 aliphatic carbocycles. The molecule has 0 saturated carbocycles. The summed E-state index contributed by atoms with van der Waals surface area (Å²) in [5, 5.41) is 11.4. The van der Waals surface area contributed by atoms with Crippen molar-refractivity contribution < 1.29 is 17.9 Å². The van der Waals surface area contributed by atoms with Crippen molar-refractivity contribution >= 4 is 33.4 Å². The Hall–Kier alpha value is -2.12. The van der Waals surface area contributed by atoms with Crippen LogP contribution in [0.2, 0.25) is 0 Å². The maximum Gasteiger partial charge on any atom is 0.414 e. The van der Waals surface area contributed by atoms with E-state index < -0.39 is 27.3 Å². The Bertz CT molecular complexity index is 861. The van der Waals surface area contributed by atoms with Gasteiger partial charge in [0.1, 0.15) is 22.1 Å². The van der Waals surface area contributed by atoms with Crippen LogP contribution in [0.15, 0.2) is 17.1 Å². The van der Waals surface area contributed by atoms with Crippen molar-refractivity contribution in [3.63, 3.8) is 0 Å². The summed E-state index contributed by atoms with van der Waals surface area (Å²) in [7, 11) is -2.38. The number of carbonyl (C=O) groups excluding carboxylic acids is 1. The lowest BCUT2D eigenvalue weighted by Crippen LogP contribution is -2.53. The highest BCUT2D eigenvalue weighted by molar-refractivity contribution is 7.89. The molecule has 0 fully saturated rings. The molecule has 1 N–H and O–H groups in total. The van der Waals surface area contributed by atoms with Crippen LogP contribution in [0.25, 0.3) is 0 Å². The molecule has 1 aliphatic heterocycles. The second-order valence-electron chi connectivity index (χ2n) is 6.84. The van der Waals surface area contributed by atoms with Gasteiger partial charge in [0.05, 0.1) is 5.75 Å². The fraction of sp³-hybridized carbons (Fsp3) is 0.533. The number of alkyl carbamates (subject to hydrolysis) is 1. The van der Waals surface area contributed by atoms with E-state index >= 15 is 0 Å². The van der Waals surface area contributed by atoms with Gasteiger partial charge in [0.25, 0.3) is 0 Å². The summed E-state index contributed by atoms with van der Waals surface area (Å²) < 4.78 is 31.1. The minimum absolute atomic E-state index is 0.116. The molecule has 1 unspecified atom stereocenters. The lowest BCUT2D eigenvalue weighted by atomic mass is 10.0. The molecule has 25 heavy (non-hydrogen) atoms. The highest BCUT2D eigenvalue weighted by Crippen LogP contribution is 2.36. The van der Waals surface area contributed by atoms with Crippen LogP contribution in [0.5, 0.6) is 0 Å². The number of carbonyl (C=O) groups is 1. The quantitative estimate of drug-likeness (QED) is 0.796.